The molecule has 3 aromatic carbocycles. The largest absolute Gasteiger partial charge is 0.508 e. The molecule has 43 nitrogen and oxygen atoms in total. The van der Waals surface area contributed by atoms with Crippen LogP contribution in [-0.2, 0) is 115 Å². The lowest BCUT2D eigenvalue weighted by Crippen LogP contribution is -2.65. The molecule has 0 spiro atoms. The van der Waals surface area contributed by atoms with Crippen molar-refractivity contribution < 1.29 is 111 Å². The molecule has 1 aliphatic heterocycles. The Kier molecular flexibility index (Phi) is 55.3. The number of hydrogen-bond acceptors (Lipinski definition) is 31. The van der Waals surface area contributed by atoms with E-state index in [4.69, 9.17) is 11.5 Å². The van der Waals surface area contributed by atoms with E-state index >= 15 is 24.0 Å². The van der Waals surface area contributed by atoms with E-state index < -0.39 is 228 Å². The van der Waals surface area contributed by atoms with Crippen LogP contribution in [0.5, 0.6) is 5.75 Å². The van der Waals surface area contributed by atoms with Crippen molar-refractivity contribution in [3.8, 4) is 29.4 Å². The summed E-state index contributed by atoms with van der Waals surface area (Å²) in [5.41, 5.74) is 14.8. The summed E-state index contributed by atoms with van der Waals surface area (Å²) in [6.07, 6.45) is -3.03. The molecule has 150 heavy (non-hydrogen) atoms. The monoisotopic (exact) mass is 2090 g/mol. The molecular weight excluding hydrogens is 1930 g/mol. The van der Waals surface area contributed by atoms with Gasteiger partial charge < -0.3 is 106 Å². The van der Waals surface area contributed by atoms with Gasteiger partial charge in [-0.05, 0) is 186 Å². The number of aliphatic carboxylic acids is 1. The number of aliphatic hydroxyl groups is 1. The van der Waals surface area contributed by atoms with E-state index in [1.54, 1.807) is 116 Å². The summed E-state index contributed by atoms with van der Waals surface area (Å²) in [7, 11) is 0. The van der Waals surface area contributed by atoms with Crippen molar-refractivity contribution in [3.05, 3.63) is 102 Å². The summed E-state index contributed by atoms with van der Waals surface area (Å²) < 4.78 is 0. The van der Waals surface area contributed by atoms with Gasteiger partial charge in [0.1, 0.15) is 47.5 Å². The predicted octanol–water partition coefficient (Wildman–Crippen LogP) is 0.170. The van der Waals surface area contributed by atoms with Crippen LogP contribution in [0.25, 0.3) is 10.9 Å². The summed E-state index contributed by atoms with van der Waals surface area (Å²) in [5.74, 6) is -3.04. The number of hydrazine groups is 1. The zero-order chi connectivity index (χ0) is 112. The van der Waals surface area contributed by atoms with E-state index in [9.17, 15) is 87.2 Å². The van der Waals surface area contributed by atoms with Crippen LogP contribution in [0, 0.1) is 35.5 Å². The molecule has 43 heteroatoms. The number of carboxylic acids is 1. The number of amides is 10. The molecule has 0 bridgehead atoms. The van der Waals surface area contributed by atoms with Gasteiger partial charge in [-0.3, -0.25) is 101 Å². The minimum atomic E-state index is -2.12. The minimum Gasteiger partial charge on any atom is -0.508 e. The fraction of sp³-hybridized carbons (Fsp3) is 0.589. The Labute approximate surface area is 877 Å². The van der Waals surface area contributed by atoms with Crippen molar-refractivity contribution in [1.29, 1.82) is 0 Å². The van der Waals surface area contributed by atoms with E-state index in [-0.39, 0.29) is 195 Å². The van der Waals surface area contributed by atoms with Crippen molar-refractivity contribution in [3.63, 3.8) is 0 Å². The van der Waals surface area contributed by atoms with E-state index in [1.165, 1.54) is 58.9 Å². The van der Waals surface area contributed by atoms with Gasteiger partial charge in [-0.15, -0.1) is 0 Å². The van der Waals surface area contributed by atoms with E-state index in [0.29, 0.717) is 27.6 Å². The molecule has 1 aromatic heterocycles. The molecule has 10 amide bonds. The molecule has 5 rings (SSSR count). The third kappa shape index (κ3) is 46.2. The second-order valence-corrected chi connectivity index (χ2v) is 40.0. The third-order valence-electron chi connectivity index (χ3n) is 26.0. The molecule has 0 radical (unpaired) electrons. The van der Waals surface area contributed by atoms with Gasteiger partial charge >= 0.3 is 5.97 Å². The number of fused-ring (bicyclic) bond motifs is 1. The number of nitrogens with two attached hydrogens (primary N) is 2. The highest BCUT2D eigenvalue weighted by Gasteiger charge is 2.43. The Morgan fingerprint density at radius 2 is 1.03 bits per heavy atom. The number of para-hydroxylation sites is 1. The van der Waals surface area contributed by atoms with Crippen LogP contribution < -0.4 is 102 Å². The van der Waals surface area contributed by atoms with Crippen LogP contribution in [-0.4, -0.2) is 291 Å². The molecule has 1 aliphatic rings. The molecule has 0 aliphatic carbocycles. The maximum Gasteiger partial charge on any atom is 0.303 e. The Morgan fingerprint density at radius 1 is 0.500 bits per heavy atom. The number of Topliss-reactive ketones (excluding diaryl/α,β-unsaturated/α-hetero) is 9. The fourth-order valence-corrected chi connectivity index (χ4v) is 16.3. The summed E-state index contributed by atoms with van der Waals surface area (Å²) in [4.78, 5) is 281. The second-order valence-electron chi connectivity index (χ2n) is 40.0. The van der Waals surface area contributed by atoms with Crippen molar-refractivity contribution in [2.75, 3.05) is 45.8 Å². The van der Waals surface area contributed by atoms with Crippen LogP contribution in [0.3, 0.4) is 0 Å². The Morgan fingerprint density at radius 3 is 1.59 bits per heavy atom. The van der Waals surface area contributed by atoms with E-state index in [1.807, 2.05) is 13.8 Å². The fourth-order valence-electron chi connectivity index (χ4n) is 16.3. The van der Waals surface area contributed by atoms with Crippen molar-refractivity contribution in [2.24, 2.45) is 23.3 Å². The number of ketones is 9. The number of benzene rings is 3. The number of aromatic amines is 1. The van der Waals surface area contributed by atoms with Gasteiger partial charge in [0.15, 0.2) is 52.0 Å². The Hall–Kier alpha value is -13.1. The summed E-state index contributed by atoms with van der Waals surface area (Å²) in [6.45, 7) is 23.2. The molecule has 0 fully saturated rings. The average Bonchev–Trinajstić information content (AvgIpc) is 1.77. The lowest BCUT2D eigenvalue weighted by molar-refractivity contribution is -0.140. The highest BCUT2D eigenvalue weighted by Crippen LogP contribution is 2.25. The summed E-state index contributed by atoms with van der Waals surface area (Å²) >= 11 is 0. The number of rotatable bonds is 53. The third-order valence-corrected chi connectivity index (χ3v) is 26.0. The number of phenolic OH excluding ortho intramolecular Hbond substituents is 1. The number of carbonyl (C=O) groups is 20. The number of primary amides is 2. The normalized spacial score (nSPS) is 21.0. The first-order valence-electron chi connectivity index (χ1n) is 51.4. The van der Waals surface area contributed by atoms with Gasteiger partial charge in [-0.2, -0.15) is 0 Å². The minimum absolute atomic E-state index is 0.0375. The first-order valence-corrected chi connectivity index (χ1v) is 51.4. The topological polar surface area (TPSA) is 674 Å². The van der Waals surface area contributed by atoms with E-state index in [2.05, 4.69) is 119 Å². The number of aromatic hydroxyl groups is 1. The summed E-state index contributed by atoms with van der Waals surface area (Å²) in [6, 6.07) is 3.33. The standard InChI is InChI=1S/C107H158N20O23/c1-62(2)52-82(118-72(13)129)101(146)123-97(71(12)128)104(149)121-84(54-73-30-24-23-25-31-73)102(147)125-107(15)47-29-22-20-18-16-17-19-21-28-46-106(14,94(139)61-116-67(8)89(134)45-50-112-65(6)87(132)43-48-110-64(5)86(131)42-49-111-66(7)88(133)44-51-113-69(10)92(137)59-115-70(11)98(109)143)124-103(148)85(53-63(3)4)127-126-79(38-40-95(108)140)93(138)60-114-68(9)90(135)57-91(136)81(56-75-58-117-78-33-27-26-32-77(75)78)119-100(145)83(55-74-34-36-76(130)37-35-74)120-99(144)80(122-105(107)150)39-41-96(141)142/h23-27,30-37,58,62-71,79-85,97,110-117,126-128,130H,20-22,28-29,38-57,59-61H2,1-15H3,(H2,108,140)(H2,109,143)(H,118,129)(H,119,145)(H,120,144)(H,121,149)(H,122,150)(H,123,146)(H,124,148)(H,125,147)(H,141,142)/t64-,65-,66-,67-,68-,69-,70+,71+,79-,80-,81-,82-,83-,84-,85-,97-,106-,107+/m0/s1. The number of carbonyl (C=O) groups excluding carboxylic acids is 19. The Bertz CT molecular complexity index is 5400. The zero-order valence-electron chi connectivity index (χ0n) is 88.9. The van der Waals surface area contributed by atoms with E-state index in [0.717, 1.165) is 0 Å². The molecule has 0 saturated heterocycles. The van der Waals surface area contributed by atoms with Gasteiger partial charge in [0, 0.05) is 121 Å². The summed E-state index contributed by atoms with van der Waals surface area (Å²) in [5, 5.41) is 74.6. The molecule has 0 unspecified atom stereocenters. The van der Waals surface area contributed by atoms with Gasteiger partial charge in [-0.25, -0.2) is 10.9 Å². The first kappa shape index (κ1) is 127. The maximum atomic E-state index is 15.6. The number of nitrogens with one attached hydrogen (secondary N) is 18. The smallest absolute Gasteiger partial charge is 0.303 e. The van der Waals surface area contributed by atoms with Crippen molar-refractivity contribution in [2.45, 2.75) is 347 Å². The maximum absolute atomic E-state index is 15.6. The molecule has 824 valence electrons. The predicted molar refractivity (Wildman–Crippen MR) is 562 cm³/mol. The number of carboxylic acid groups (broad SMARTS) is 1. The van der Waals surface area contributed by atoms with Gasteiger partial charge in [0.25, 0.3) is 0 Å². The lowest BCUT2D eigenvalue weighted by atomic mass is 9.88. The van der Waals surface area contributed by atoms with Crippen molar-refractivity contribution >= 4 is 128 Å². The van der Waals surface area contributed by atoms with Crippen molar-refractivity contribution in [1.82, 2.24) is 95.6 Å². The molecular formula is C107H158N20O23. The molecule has 2 heterocycles. The second kappa shape index (κ2) is 65.1. The van der Waals surface area contributed by atoms with Crippen LogP contribution in [0.1, 0.15) is 236 Å². The molecule has 18 atom stereocenters. The lowest BCUT2D eigenvalue weighted by Gasteiger charge is -2.34. The number of H-pyrrole nitrogens is 1. The van der Waals surface area contributed by atoms with Crippen LogP contribution in [0.4, 0.5) is 0 Å². The zero-order valence-corrected chi connectivity index (χ0v) is 88.9. The first-order chi connectivity index (χ1) is 70.8. The Balaban J connectivity index is 1.47. The van der Waals surface area contributed by atoms with Gasteiger partial charge in [-0.1, -0.05) is 100 Å². The number of aromatic nitrogens is 1. The van der Waals surface area contributed by atoms with Crippen LogP contribution >= 0.6 is 0 Å². The SMILES string of the molecule is CC(=O)N[C@@H](CC(C)C)C(=O)N[C@H](C(=O)N[C@@H](Cc1ccccc1)C(=O)N[C@]1(C)CCCCC#CC#CCCC[C@@](C)(C(=O)CN[C@@H](C)C(=O)CCN[C@@H](C)C(=O)CCN[C@@H](C)C(=O)CCN[C@@H](C)C(=O)CCN[C@@H](C)C(=O)CN[C@H](C)C(N)=O)NC(=O)[C@H](CC(C)C)NN[C@@H](CCC(N)=O)C(=O)CN[C@@H](C)C(=O)CC(=O)[C@H](Cc2c[nH]c3ccccc23)NC(=O)[C@H](Cc2ccc(O)cc2)NC(=O)[C@H](CCC(=O)O)NC1=O)[C@@H](C)O. The van der Waals surface area contributed by atoms with Crippen LogP contribution in [0.15, 0.2) is 85.1 Å². The molecule has 25 N–H and O–H groups in total. The highest BCUT2D eigenvalue weighted by atomic mass is 16.4. The highest BCUT2D eigenvalue weighted by molar-refractivity contribution is 6.06. The number of aliphatic hydroxyl groups excluding tert-OH is 1. The van der Waals surface area contributed by atoms with Crippen LogP contribution in [0.2, 0.25) is 0 Å². The quantitative estimate of drug-likeness (QED) is 0.0207. The molecule has 4 aromatic rings. The van der Waals surface area contributed by atoms with Gasteiger partial charge in [0.05, 0.1) is 92.1 Å². The number of phenols is 1. The molecule has 0 saturated carbocycles. The number of hydrogen-bond donors (Lipinski definition) is 23. The average molecular weight is 2090 g/mol. The van der Waals surface area contributed by atoms with Gasteiger partial charge in [0.2, 0.25) is 59.1 Å².